The summed E-state index contributed by atoms with van der Waals surface area (Å²) < 4.78 is 4.71. The van der Waals surface area contributed by atoms with Crippen LogP contribution in [-0.4, -0.2) is 29.0 Å². The number of esters is 1. The van der Waals surface area contributed by atoms with E-state index < -0.39 is 18.0 Å². The van der Waals surface area contributed by atoms with Crippen LogP contribution in [0.3, 0.4) is 0 Å². The largest absolute Gasteiger partial charge is 0.478 e. The zero-order chi connectivity index (χ0) is 10.4. The first kappa shape index (κ1) is 12.0. The van der Waals surface area contributed by atoms with Gasteiger partial charge in [0.2, 0.25) is 0 Å². The maximum Gasteiger partial charge on any atom is 0.331 e. The molecular weight excluding hydrogens is 196 g/mol. The van der Waals surface area contributed by atoms with Crippen LogP contribution in [0.25, 0.3) is 0 Å². The molecule has 0 aliphatic heterocycles. The Balaban J connectivity index is 4.34. The lowest BCUT2D eigenvalue weighted by Crippen LogP contribution is -2.16. The zero-order valence-corrected chi connectivity index (χ0v) is 8.17. The monoisotopic (exact) mass is 206 g/mol. The lowest BCUT2D eigenvalue weighted by Gasteiger charge is -2.09. The minimum absolute atomic E-state index is 0.0458. The van der Waals surface area contributed by atoms with Gasteiger partial charge in [0.25, 0.3) is 0 Å². The molecule has 0 aromatic rings. The second-order valence-electron chi connectivity index (χ2n) is 2.46. The van der Waals surface area contributed by atoms with Gasteiger partial charge in [0, 0.05) is 12.5 Å². The van der Waals surface area contributed by atoms with Crippen molar-refractivity contribution >= 4 is 23.5 Å². The highest BCUT2D eigenvalue weighted by Crippen LogP contribution is 2.03. The predicted octanol–water partition coefficient (Wildman–Crippen LogP) is 1.19. The van der Waals surface area contributed by atoms with Crippen molar-refractivity contribution in [3.63, 3.8) is 0 Å². The molecular formula is C8H11ClO4. The molecule has 1 N–H and O–H groups in total. The fraction of sp³-hybridized carbons (Fsp3) is 0.500. The average Bonchev–Trinajstić information content (AvgIpc) is 2.02. The third-order valence-corrected chi connectivity index (χ3v) is 1.55. The van der Waals surface area contributed by atoms with Crippen LogP contribution in [-0.2, 0) is 14.3 Å². The van der Waals surface area contributed by atoms with Crippen molar-refractivity contribution in [3.8, 4) is 0 Å². The molecule has 0 aromatic carbocycles. The molecule has 0 amide bonds. The molecule has 13 heavy (non-hydrogen) atoms. The third-order valence-electron chi connectivity index (χ3n) is 1.24. The van der Waals surface area contributed by atoms with Crippen LogP contribution in [0, 0.1) is 0 Å². The maximum absolute atomic E-state index is 10.5. The standard InChI is InChI=1S/C8H11ClO4/c1-5(8(11)12)3-7(4-9)13-6(2)10/h3,7H,4H2,1-2H3,(H,11,12). The summed E-state index contributed by atoms with van der Waals surface area (Å²) in [7, 11) is 0. The summed E-state index contributed by atoms with van der Waals surface area (Å²) in [4.78, 5) is 20.9. The first-order chi connectivity index (χ1) is 5.97. The van der Waals surface area contributed by atoms with E-state index in [0.29, 0.717) is 0 Å². The van der Waals surface area contributed by atoms with E-state index in [9.17, 15) is 9.59 Å². The van der Waals surface area contributed by atoms with Crippen molar-refractivity contribution in [3.05, 3.63) is 11.6 Å². The van der Waals surface area contributed by atoms with Crippen molar-refractivity contribution in [2.45, 2.75) is 20.0 Å². The van der Waals surface area contributed by atoms with Gasteiger partial charge in [-0.1, -0.05) is 0 Å². The Bertz CT molecular complexity index is 234. The molecule has 0 rings (SSSR count). The Hall–Kier alpha value is -1.03. The minimum Gasteiger partial charge on any atom is -0.478 e. The Kier molecular flexibility index (Phi) is 5.14. The van der Waals surface area contributed by atoms with Gasteiger partial charge >= 0.3 is 11.9 Å². The molecule has 1 unspecified atom stereocenters. The highest BCUT2D eigenvalue weighted by molar-refractivity contribution is 6.18. The van der Waals surface area contributed by atoms with Gasteiger partial charge in [-0.2, -0.15) is 0 Å². The molecule has 0 saturated carbocycles. The van der Waals surface area contributed by atoms with E-state index in [4.69, 9.17) is 21.4 Å². The van der Waals surface area contributed by atoms with Gasteiger partial charge in [0.15, 0.2) is 0 Å². The van der Waals surface area contributed by atoms with Crippen molar-refractivity contribution in [1.82, 2.24) is 0 Å². The van der Waals surface area contributed by atoms with Crippen LogP contribution < -0.4 is 0 Å². The number of aliphatic carboxylic acids is 1. The van der Waals surface area contributed by atoms with Gasteiger partial charge < -0.3 is 9.84 Å². The second-order valence-corrected chi connectivity index (χ2v) is 2.77. The lowest BCUT2D eigenvalue weighted by molar-refractivity contribution is -0.143. The zero-order valence-electron chi connectivity index (χ0n) is 7.41. The molecule has 0 spiro atoms. The van der Waals surface area contributed by atoms with Gasteiger partial charge in [-0.15, -0.1) is 11.6 Å². The van der Waals surface area contributed by atoms with Crippen molar-refractivity contribution < 1.29 is 19.4 Å². The fourth-order valence-corrected chi connectivity index (χ4v) is 0.825. The number of rotatable bonds is 4. The molecule has 0 aliphatic carbocycles. The van der Waals surface area contributed by atoms with Crippen LogP contribution in [0.2, 0.25) is 0 Å². The molecule has 0 saturated heterocycles. The van der Waals surface area contributed by atoms with Crippen LogP contribution in [0.15, 0.2) is 11.6 Å². The van der Waals surface area contributed by atoms with Gasteiger partial charge in [-0.3, -0.25) is 4.79 Å². The lowest BCUT2D eigenvalue weighted by atomic mass is 10.2. The molecule has 74 valence electrons. The van der Waals surface area contributed by atoms with Crippen molar-refractivity contribution in [2.75, 3.05) is 5.88 Å². The third kappa shape index (κ3) is 5.25. The summed E-state index contributed by atoms with van der Waals surface area (Å²) >= 11 is 5.45. The predicted molar refractivity (Wildman–Crippen MR) is 47.7 cm³/mol. The van der Waals surface area contributed by atoms with E-state index in [1.807, 2.05) is 0 Å². The van der Waals surface area contributed by atoms with E-state index in [0.717, 1.165) is 0 Å². The first-order valence-corrected chi connectivity index (χ1v) is 4.15. The molecule has 0 radical (unpaired) electrons. The summed E-state index contributed by atoms with van der Waals surface area (Å²) in [6.07, 6.45) is 0.631. The minimum atomic E-state index is -1.05. The Labute approximate surface area is 81.1 Å². The van der Waals surface area contributed by atoms with Gasteiger partial charge in [-0.05, 0) is 13.0 Å². The topological polar surface area (TPSA) is 63.6 Å². The van der Waals surface area contributed by atoms with Gasteiger partial charge in [-0.25, -0.2) is 4.79 Å². The molecule has 0 fully saturated rings. The Morgan fingerprint density at radius 3 is 2.38 bits per heavy atom. The Morgan fingerprint density at radius 2 is 2.08 bits per heavy atom. The van der Waals surface area contributed by atoms with Gasteiger partial charge in [0.1, 0.15) is 6.10 Å². The molecule has 4 nitrogen and oxygen atoms in total. The van der Waals surface area contributed by atoms with Crippen LogP contribution in [0.5, 0.6) is 0 Å². The first-order valence-electron chi connectivity index (χ1n) is 3.62. The van der Waals surface area contributed by atoms with E-state index in [1.165, 1.54) is 19.9 Å². The number of halogens is 1. The van der Waals surface area contributed by atoms with E-state index in [1.54, 1.807) is 0 Å². The highest BCUT2D eigenvalue weighted by atomic mass is 35.5. The number of carboxylic acids is 1. The summed E-state index contributed by atoms with van der Waals surface area (Å²) in [6.45, 7) is 2.65. The second kappa shape index (κ2) is 5.59. The number of alkyl halides is 1. The normalized spacial score (nSPS) is 13.6. The molecule has 0 heterocycles. The number of hydrogen-bond donors (Lipinski definition) is 1. The number of hydrogen-bond acceptors (Lipinski definition) is 3. The summed E-state index contributed by atoms with van der Waals surface area (Å²) in [5.41, 5.74) is 0.104. The fourth-order valence-electron chi connectivity index (χ4n) is 0.673. The van der Waals surface area contributed by atoms with Crippen molar-refractivity contribution in [2.24, 2.45) is 0 Å². The molecule has 1 atom stereocenters. The summed E-state index contributed by atoms with van der Waals surface area (Å²) in [5, 5.41) is 8.51. The number of carbonyl (C=O) groups excluding carboxylic acids is 1. The smallest absolute Gasteiger partial charge is 0.331 e. The van der Waals surface area contributed by atoms with E-state index in [2.05, 4.69) is 0 Å². The molecule has 0 aliphatic rings. The van der Waals surface area contributed by atoms with Crippen LogP contribution in [0.1, 0.15) is 13.8 Å². The highest BCUT2D eigenvalue weighted by Gasteiger charge is 2.10. The molecule has 0 aromatic heterocycles. The van der Waals surface area contributed by atoms with Crippen LogP contribution >= 0.6 is 11.6 Å². The quantitative estimate of drug-likeness (QED) is 0.426. The van der Waals surface area contributed by atoms with Crippen molar-refractivity contribution in [1.29, 1.82) is 0 Å². The number of carbonyl (C=O) groups is 2. The average molecular weight is 207 g/mol. The van der Waals surface area contributed by atoms with E-state index in [-0.39, 0.29) is 11.5 Å². The SMILES string of the molecule is CC(=O)OC(C=C(C)C(=O)O)CCl. The molecule has 5 heteroatoms. The summed E-state index contributed by atoms with van der Waals surface area (Å²) in [6, 6.07) is 0. The Morgan fingerprint density at radius 1 is 1.54 bits per heavy atom. The van der Waals surface area contributed by atoms with E-state index >= 15 is 0 Å². The number of carboxylic acid groups (broad SMARTS) is 1. The maximum atomic E-state index is 10.5. The number of ether oxygens (including phenoxy) is 1. The summed E-state index contributed by atoms with van der Waals surface area (Å²) in [5.74, 6) is -1.49. The molecule has 0 bridgehead atoms. The van der Waals surface area contributed by atoms with Crippen LogP contribution in [0.4, 0.5) is 0 Å². The van der Waals surface area contributed by atoms with Gasteiger partial charge in [0.05, 0.1) is 5.88 Å².